The molecule has 2 aromatic rings. The van der Waals surface area contributed by atoms with E-state index in [4.69, 9.17) is 11.5 Å². The normalized spacial score (nSPS) is 19.7. The number of benzene rings is 2. The molecule has 10 N–H and O–H groups in total. The van der Waals surface area contributed by atoms with Gasteiger partial charge >= 0.3 is 5.97 Å². The van der Waals surface area contributed by atoms with E-state index in [0.29, 0.717) is 14.7 Å². The SMILES string of the molecule is CN1C(=O)[C@@H](Cc2ccc(O)c(I)c2)NC(=O)c2cccc(c2)CNC(=O)[C@H](CC(=O)O)NC(=O)CNC(=O)[C@@H]1CCCN=C(N)N. The number of likely N-dealkylation sites (N-methyl/N-ethyl adjacent to an activating group) is 1. The lowest BCUT2D eigenvalue weighted by atomic mass is 10.0. The molecule has 0 spiro atoms. The average molecular weight is 765 g/mol. The molecule has 2 aromatic carbocycles. The highest BCUT2D eigenvalue weighted by Crippen LogP contribution is 2.22. The number of guanidine groups is 1. The maximum Gasteiger partial charge on any atom is 0.305 e. The zero-order chi connectivity index (χ0) is 34.7. The molecule has 0 saturated heterocycles. The summed E-state index contributed by atoms with van der Waals surface area (Å²) >= 11 is 1.94. The molecule has 16 nitrogen and oxygen atoms in total. The number of carboxylic acid groups (broad SMARTS) is 1. The Hall–Kier alpha value is -4.94. The van der Waals surface area contributed by atoms with Crippen LogP contribution in [0.25, 0.3) is 0 Å². The van der Waals surface area contributed by atoms with Gasteiger partial charge in [-0.3, -0.25) is 33.8 Å². The number of nitrogens with one attached hydrogen (secondary N) is 4. The van der Waals surface area contributed by atoms with Crippen LogP contribution in [-0.2, 0) is 36.9 Å². The van der Waals surface area contributed by atoms with Crippen molar-refractivity contribution in [2.75, 3.05) is 20.1 Å². The van der Waals surface area contributed by atoms with Crippen molar-refractivity contribution in [3.05, 3.63) is 62.7 Å². The zero-order valence-corrected chi connectivity index (χ0v) is 27.7. The Morgan fingerprint density at radius 2 is 1.72 bits per heavy atom. The lowest BCUT2D eigenvalue weighted by Gasteiger charge is -2.31. The second-order valence-corrected chi connectivity index (χ2v) is 11.9. The molecule has 252 valence electrons. The molecule has 3 atom stereocenters. The maximum atomic E-state index is 14.0. The van der Waals surface area contributed by atoms with E-state index in [2.05, 4.69) is 26.3 Å². The van der Waals surface area contributed by atoms with Gasteiger partial charge in [0.2, 0.25) is 23.6 Å². The van der Waals surface area contributed by atoms with Crippen LogP contribution in [0.15, 0.2) is 47.5 Å². The lowest BCUT2D eigenvalue weighted by molar-refractivity contribution is -0.141. The molecule has 1 aliphatic heterocycles. The van der Waals surface area contributed by atoms with E-state index in [1.807, 2.05) is 22.6 Å². The molecule has 47 heavy (non-hydrogen) atoms. The van der Waals surface area contributed by atoms with Crippen molar-refractivity contribution < 1.29 is 39.0 Å². The van der Waals surface area contributed by atoms with Crippen molar-refractivity contribution in [2.24, 2.45) is 16.5 Å². The first-order valence-electron chi connectivity index (χ1n) is 14.5. The van der Waals surface area contributed by atoms with Crippen LogP contribution in [0.5, 0.6) is 5.75 Å². The average Bonchev–Trinajstić information content (AvgIpc) is 3.02. The van der Waals surface area contributed by atoms with Crippen molar-refractivity contribution in [1.82, 2.24) is 26.2 Å². The Labute approximate surface area is 283 Å². The van der Waals surface area contributed by atoms with Gasteiger partial charge in [0.1, 0.15) is 23.9 Å². The van der Waals surface area contributed by atoms with Crippen LogP contribution >= 0.6 is 22.6 Å². The Bertz CT molecular complexity index is 1550. The predicted octanol–water partition coefficient (Wildman–Crippen LogP) is -1.08. The number of rotatable bonds is 8. The first kappa shape index (κ1) is 36.5. The third-order valence-corrected chi connectivity index (χ3v) is 8.08. The van der Waals surface area contributed by atoms with Gasteiger partial charge in [-0.05, 0) is 70.8 Å². The summed E-state index contributed by atoms with van der Waals surface area (Å²) in [4.78, 5) is 83.0. The molecule has 3 rings (SSSR count). The van der Waals surface area contributed by atoms with Crippen molar-refractivity contribution in [1.29, 1.82) is 0 Å². The molecule has 1 heterocycles. The number of hydrogen-bond donors (Lipinski definition) is 8. The van der Waals surface area contributed by atoms with Gasteiger partial charge in [0, 0.05) is 32.1 Å². The van der Waals surface area contributed by atoms with Crippen molar-refractivity contribution >= 4 is 64.1 Å². The molecule has 2 bridgehead atoms. The monoisotopic (exact) mass is 764 g/mol. The number of phenols is 1. The van der Waals surface area contributed by atoms with Crippen molar-refractivity contribution in [2.45, 2.75) is 50.4 Å². The molecule has 17 heteroatoms. The summed E-state index contributed by atoms with van der Waals surface area (Å²) in [6.07, 6.45) is -0.381. The summed E-state index contributed by atoms with van der Waals surface area (Å²) < 4.78 is 0.531. The molecule has 0 unspecified atom stereocenters. The number of carboxylic acids is 1. The number of halogens is 1. The van der Waals surface area contributed by atoms with Crippen LogP contribution in [0.4, 0.5) is 0 Å². The van der Waals surface area contributed by atoms with Gasteiger partial charge < -0.3 is 47.8 Å². The number of fused-ring (bicyclic) bond motifs is 2. The molecule has 5 amide bonds. The van der Waals surface area contributed by atoms with E-state index >= 15 is 0 Å². The standard InChI is InChI=1S/C30H37IN8O8/c1-39-22(6-3-9-34-30(32)33)28(46)36-15-24(41)37-20(13-25(42)43)27(45)35-14-17-4-2-5-18(10-17)26(44)38-21(29(39)47)12-16-7-8-23(40)19(31)11-16/h2,4-5,7-8,10-11,20-22,40H,3,6,9,12-15H2,1H3,(H,35,45)(H,36,46)(H,37,41)(H,38,44)(H,42,43)(H4,32,33,34)/t20-,21+,22-/m0/s1. The number of phenolic OH excluding ortho intramolecular Hbond substituents is 1. The number of aliphatic carboxylic acids is 1. The number of hydrogen-bond acceptors (Lipinski definition) is 8. The largest absolute Gasteiger partial charge is 0.507 e. The van der Waals surface area contributed by atoms with Gasteiger partial charge in [0.15, 0.2) is 5.96 Å². The van der Waals surface area contributed by atoms with E-state index in [9.17, 15) is 39.0 Å². The van der Waals surface area contributed by atoms with Crippen LogP contribution in [0.3, 0.4) is 0 Å². The molecule has 0 radical (unpaired) electrons. The van der Waals surface area contributed by atoms with E-state index in [-0.39, 0.29) is 49.6 Å². The van der Waals surface area contributed by atoms with Gasteiger partial charge in [-0.2, -0.15) is 0 Å². The van der Waals surface area contributed by atoms with E-state index in [1.165, 1.54) is 30.1 Å². The molecule has 0 saturated carbocycles. The fourth-order valence-electron chi connectivity index (χ4n) is 4.80. The van der Waals surface area contributed by atoms with Gasteiger partial charge in [-0.1, -0.05) is 18.2 Å². The number of amides is 5. The quantitative estimate of drug-likeness (QED) is 0.0699. The molecular weight excluding hydrogens is 727 g/mol. The first-order valence-corrected chi connectivity index (χ1v) is 15.6. The topological polar surface area (TPSA) is 259 Å². The van der Waals surface area contributed by atoms with Gasteiger partial charge in [0.25, 0.3) is 5.91 Å². The second-order valence-electron chi connectivity index (χ2n) is 10.8. The van der Waals surface area contributed by atoms with Crippen LogP contribution in [0.1, 0.15) is 40.7 Å². The Balaban J connectivity index is 2.02. The number of carbonyl (C=O) groups excluding carboxylic acids is 5. The van der Waals surface area contributed by atoms with Crippen LogP contribution in [0, 0.1) is 3.57 Å². The molecular formula is C30H37IN8O8. The smallest absolute Gasteiger partial charge is 0.305 e. The third-order valence-electron chi connectivity index (χ3n) is 7.21. The van der Waals surface area contributed by atoms with Gasteiger partial charge in [0.05, 0.1) is 16.5 Å². The molecule has 0 aliphatic carbocycles. The summed E-state index contributed by atoms with van der Waals surface area (Å²) in [5.74, 6) is -5.01. The highest BCUT2D eigenvalue weighted by atomic mass is 127. The number of aliphatic imine (C=N–C) groups is 1. The summed E-state index contributed by atoms with van der Waals surface area (Å²) in [5, 5.41) is 29.4. The summed E-state index contributed by atoms with van der Waals surface area (Å²) in [5.41, 5.74) is 12.1. The molecule has 0 aromatic heterocycles. The molecule has 1 aliphatic rings. The zero-order valence-electron chi connectivity index (χ0n) is 25.5. The minimum atomic E-state index is -1.45. The number of nitrogens with two attached hydrogens (primary N) is 2. The van der Waals surface area contributed by atoms with Crippen LogP contribution in [0.2, 0.25) is 0 Å². The minimum Gasteiger partial charge on any atom is -0.507 e. The summed E-state index contributed by atoms with van der Waals surface area (Å²) in [6.45, 7) is -0.576. The van der Waals surface area contributed by atoms with E-state index in [1.54, 1.807) is 24.3 Å². The fourth-order valence-corrected chi connectivity index (χ4v) is 5.38. The second kappa shape index (κ2) is 17.1. The fraction of sp³-hybridized carbons (Fsp3) is 0.367. The predicted molar refractivity (Wildman–Crippen MR) is 178 cm³/mol. The maximum absolute atomic E-state index is 14.0. The van der Waals surface area contributed by atoms with Crippen LogP contribution < -0.4 is 32.7 Å². The van der Waals surface area contributed by atoms with E-state index < -0.39 is 66.6 Å². The van der Waals surface area contributed by atoms with Crippen molar-refractivity contribution in [3.63, 3.8) is 0 Å². The summed E-state index contributed by atoms with van der Waals surface area (Å²) in [6, 6.07) is 7.21. The van der Waals surface area contributed by atoms with Gasteiger partial charge in [-0.15, -0.1) is 0 Å². The minimum absolute atomic E-state index is 0.0106. The van der Waals surface area contributed by atoms with Crippen LogP contribution in [-0.4, -0.2) is 94.8 Å². The first-order chi connectivity index (χ1) is 22.2. The Morgan fingerprint density at radius 3 is 2.40 bits per heavy atom. The molecule has 0 fully saturated rings. The highest BCUT2D eigenvalue weighted by molar-refractivity contribution is 14.1. The Morgan fingerprint density at radius 1 is 1.00 bits per heavy atom. The number of carbonyl (C=O) groups is 6. The lowest BCUT2D eigenvalue weighted by Crippen LogP contribution is -2.56. The van der Waals surface area contributed by atoms with Crippen molar-refractivity contribution in [3.8, 4) is 5.75 Å². The highest BCUT2D eigenvalue weighted by Gasteiger charge is 2.33. The Kier molecular flexibility index (Phi) is 13.3. The van der Waals surface area contributed by atoms with Gasteiger partial charge in [-0.25, -0.2) is 0 Å². The summed E-state index contributed by atoms with van der Waals surface area (Å²) in [7, 11) is 1.39. The third kappa shape index (κ3) is 11.1. The number of aromatic hydroxyl groups is 1. The number of nitrogens with zero attached hydrogens (tertiary/aromatic N) is 2. The van der Waals surface area contributed by atoms with E-state index in [0.717, 1.165) is 0 Å².